The van der Waals surface area contributed by atoms with Gasteiger partial charge in [0, 0.05) is 67.3 Å². The van der Waals surface area contributed by atoms with Gasteiger partial charge in [-0.3, -0.25) is 19.1 Å². The Morgan fingerprint density at radius 3 is 2.37 bits per heavy atom. The number of aromatic amines is 1. The van der Waals surface area contributed by atoms with Gasteiger partial charge < -0.3 is 33.3 Å². The zero-order valence-electron chi connectivity index (χ0n) is 36.3. The van der Waals surface area contributed by atoms with Crippen LogP contribution in [-0.2, 0) is 39.3 Å². The molecule has 0 saturated carbocycles. The summed E-state index contributed by atoms with van der Waals surface area (Å²) in [6.45, 7) is 19.4. The van der Waals surface area contributed by atoms with E-state index in [9.17, 15) is 14.4 Å². The molecule has 0 aliphatic carbocycles. The van der Waals surface area contributed by atoms with E-state index in [1.165, 1.54) is 23.9 Å². The van der Waals surface area contributed by atoms with E-state index in [0.717, 1.165) is 49.0 Å². The lowest BCUT2D eigenvalue weighted by molar-refractivity contribution is -0.235. The highest BCUT2D eigenvalue weighted by Gasteiger charge is 2.47. The van der Waals surface area contributed by atoms with Crippen molar-refractivity contribution in [3.05, 3.63) is 68.5 Å². The lowest BCUT2D eigenvalue weighted by atomic mass is 9.83. The lowest BCUT2D eigenvalue weighted by Crippen LogP contribution is -2.41. The molecule has 0 bridgehead atoms. The molecule has 4 rings (SSSR count). The Labute approximate surface area is 350 Å². The Morgan fingerprint density at radius 1 is 1.09 bits per heavy atom. The highest BCUT2D eigenvalue weighted by atomic mass is 33.1. The molecule has 57 heavy (non-hydrogen) atoms. The minimum atomic E-state index is -1.58. The average molecular weight is 856 g/mol. The Hall–Kier alpha value is -1.78. The van der Waals surface area contributed by atoms with Gasteiger partial charge in [0.2, 0.25) is 5.91 Å². The van der Waals surface area contributed by atoms with E-state index in [2.05, 4.69) is 70.4 Å². The van der Waals surface area contributed by atoms with Gasteiger partial charge in [0.15, 0.2) is 12.5 Å². The van der Waals surface area contributed by atoms with Crippen molar-refractivity contribution in [2.24, 2.45) is 5.41 Å². The molecule has 322 valence electrons. The second kappa shape index (κ2) is 22.7. The van der Waals surface area contributed by atoms with Crippen LogP contribution in [0.25, 0.3) is 0 Å². The summed E-state index contributed by atoms with van der Waals surface area (Å²) in [4.78, 5) is 39.4. The number of unbranched alkanes of at least 4 members (excludes halogenated alkanes) is 1. The summed E-state index contributed by atoms with van der Waals surface area (Å²) in [5, 5.41) is 3.07. The van der Waals surface area contributed by atoms with Crippen LogP contribution in [0, 0.1) is 5.41 Å². The number of amides is 1. The Bertz CT molecular complexity index is 1640. The number of H-pyrrole nitrogens is 1. The molecular formula is C41H67N4O9PS2. The molecule has 2 aromatic rings. The summed E-state index contributed by atoms with van der Waals surface area (Å²) in [7, 11) is 3.57. The van der Waals surface area contributed by atoms with Gasteiger partial charge in [0.05, 0.1) is 25.9 Å². The Morgan fingerprint density at radius 2 is 1.77 bits per heavy atom. The van der Waals surface area contributed by atoms with E-state index in [-0.39, 0.29) is 41.3 Å². The molecule has 1 amide bonds. The van der Waals surface area contributed by atoms with Crippen LogP contribution in [0.5, 0.6) is 0 Å². The molecule has 2 N–H and O–H groups in total. The van der Waals surface area contributed by atoms with Crippen LogP contribution >= 0.6 is 30.1 Å². The third-order valence-corrected chi connectivity index (χ3v) is 16.1. The van der Waals surface area contributed by atoms with Gasteiger partial charge in [-0.2, -0.15) is 0 Å². The van der Waals surface area contributed by atoms with E-state index >= 15 is 0 Å². The number of ether oxygens (including phenoxy) is 4. The number of nitrogens with zero attached hydrogens (tertiary/aromatic N) is 2. The van der Waals surface area contributed by atoms with Crippen LogP contribution in [-0.4, -0.2) is 88.0 Å². The first-order chi connectivity index (χ1) is 27.7. The molecule has 5 atom stereocenters. The van der Waals surface area contributed by atoms with E-state index in [0.29, 0.717) is 32.8 Å². The SMILES string of the molecule is [2H]C[C@H]1O[C@@H](n2ccc(=O)[nH]c2=O)C(OC)[C@H]1OP(OCCCCSSC(C)(C)CCC(=O)NCc1ccc(C2OCC(CC)(CC)CO2)cc1)N(C(C)C)C(C)C. The molecule has 2 aliphatic heterocycles. The van der Waals surface area contributed by atoms with Gasteiger partial charge in [-0.25, -0.2) is 9.46 Å². The molecule has 2 unspecified atom stereocenters. The molecule has 0 spiro atoms. The predicted octanol–water partition coefficient (Wildman–Crippen LogP) is 8.11. The van der Waals surface area contributed by atoms with Crippen molar-refractivity contribution < 1.29 is 34.2 Å². The monoisotopic (exact) mass is 855 g/mol. The first-order valence-corrected chi connectivity index (χ1v) is 23.7. The fraction of sp³-hybridized carbons (Fsp3) is 0.732. The van der Waals surface area contributed by atoms with Crippen molar-refractivity contribution in [1.29, 1.82) is 0 Å². The third kappa shape index (κ3) is 13.9. The number of carbonyl (C=O) groups excluding carboxylic acids is 1. The molecule has 1 aromatic carbocycles. The Kier molecular flexibility index (Phi) is 18.4. The highest BCUT2D eigenvalue weighted by Crippen LogP contribution is 2.50. The zero-order chi connectivity index (χ0) is 42.5. The van der Waals surface area contributed by atoms with E-state index in [4.69, 9.17) is 29.4 Å². The molecule has 13 nitrogen and oxygen atoms in total. The topological polar surface area (TPSA) is 143 Å². The molecule has 0 radical (unpaired) electrons. The van der Waals surface area contributed by atoms with Crippen LogP contribution in [0.15, 0.2) is 46.1 Å². The lowest BCUT2D eigenvalue weighted by Gasteiger charge is -2.39. The Balaban J connectivity index is 1.18. The fourth-order valence-electron chi connectivity index (χ4n) is 6.76. The maximum atomic E-state index is 12.8. The number of carbonyl (C=O) groups is 1. The average Bonchev–Trinajstić information content (AvgIpc) is 3.55. The fourth-order valence-corrected chi connectivity index (χ4v) is 11.3. The number of aromatic nitrogens is 2. The largest absolute Gasteiger partial charge is 0.374 e. The van der Waals surface area contributed by atoms with Crippen LogP contribution < -0.4 is 16.6 Å². The summed E-state index contributed by atoms with van der Waals surface area (Å²) >= 11 is 0. The molecule has 2 aliphatic rings. The molecular weight excluding hydrogens is 788 g/mol. The van der Waals surface area contributed by atoms with Gasteiger partial charge in [-0.1, -0.05) is 59.7 Å². The third-order valence-electron chi connectivity index (χ3n) is 10.5. The number of hydrogen-bond acceptors (Lipinski definition) is 12. The minimum absolute atomic E-state index is 0.0424. The predicted molar refractivity (Wildman–Crippen MR) is 230 cm³/mol. The van der Waals surface area contributed by atoms with Crippen molar-refractivity contribution in [3.63, 3.8) is 0 Å². The van der Waals surface area contributed by atoms with Crippen LogP contribution in [0.2, 0.25) is 0 Å². The summed E-state index contributed by atoms with van der Waals surface area (Å²) < 4.78 is 48.8. The quantitative estimate of drug-likeness (QED) is 0.0634. The molecule has 16 heteroatoms. The summed E-state index contributed by atoms with van der Waals surface area (Å²) in [6, 6.07) is 9.58. The van der Waals surface area contributed by atoms with Crippen LogP contribution in [0.4, 0.5) is 0 Å². The van der Waals surface area contributed by atoms with Crippen molar-refractivity contribution in [1.82, 2.24) is 19.5 Å². The van der Waals surface area contributed by atoms with Gasteiger partial charge in [0.1, 0.15) is 12.2 Å². The maximum Gasteiger partial charge on any atom is 0.330 e. The van der Waals surface area contributed by atoms with Gasteiger partial charge in [0.25, 0.3) is 14.1 Å². The van der Waals surface area contributed by atoms with E-state index in [1.54, 1.807) is 0 Å². The molecule has 2 fully saturated rings. The number of rotatable bonds is 23. The first kappa shape index (κ1) is 46.3. The number of nitrogens with one attached hydrogen (secondary N) is 2. The molecule has 2 saturated heterocycles. The summed E-state index contributed by atoms with van der Waals surface area (Å²) in [6.07, 6.45) is 3.15. The minimum Gasteiger partial charge on any atom is -0.374 e. The molecule has 3 heterocycles. The van der Waals surface area contributed by atoms with Gasteiger partial charge in [-0.05, 0) is 86.1 Å². The van der Waals surface area contributed by atoms with Crippen LogP contribution in [0.3, 0.4) is 0 Å². The normalized spacial score (nSPS) is 22.4. The first-order valence-electron chi connectivity index (χ1n) is 20.9. The number of benzene rings is 1. The zero-order valence-corrected chi connectivity index (χ0v) is 37.9. The van der Waals surface area contributed by atoms with Crippen molar-refractivity contribution in [2.45, 2.75) is 155 Å². The van der Waals surface area contributed by atoms with E-state index < -0.39 is 44.3 Å². The summed E-state index contributed by atoms with van der Waals surface area (Å²) in [5.74, 6) is 0.977. The number of methoxy groups -OCH3 is 1. The smallest absolute Gasteiger partial charge is 0.330 e. The van der Waals surface area contributed by atoms with Crippen LogP contribution in [0.1, 0.15) is 126 Å². The summed E-state index contributed by atoms with van der Waals surface area (Å²) in [5.41, 5.74) is 1.01. The second-order valence-corrected chi connectivity index (χ2v) is 20.6. The van der Waals surface area contributed by atoms with Gasteiger partial charge >= 0.3 is 5.69 Å². The van der Waals surface area contributed by atoms with E-state index in [1.807, 2.05) is 45.9 Å². The van der Waals surface area contributed by atoms with Crippen molar-refractivity contribution in [2.75, 3.05) is 32.7 Å². The maximum absolute atomic E-state index is 12.8. The second-order valence-electron chi connectivity index (χ2n) is 16.0. The highest BCUT2D eigenvalue weighted by molar-refractivity contribution is 8.77. The van der Waals surface area contributed by atoms with Gasteiger partial charge in [-0.15, -0.1) is 0 Å². The standard InChI is InChI=1S/C41H67N4O9PS2/c1-11-41(12-2)26-50-38(51-27-41)32-17-15-31(16-18-32)25-42-33(46)19-21-40(8,9)57-56-24-14-13-23-52-55(45(28(3)4)29(5)6)54-35-30(7)53-37(36(35)49-10)44-22-20-34(47)43-39(44)48/h15-18,20,22,28-30,35-38H,11-14,19,21,23-27H2,1-10H3,(H,42,46)(H,43,47,48)/t30-,35+,36?,37-,55?/m1/s1/i7D. The number of hydrogen-bond donors (Lipinski definition) is 2. The van der Waals surface area contributed by atoms with Crippen molar-refractivity contribution >= 4 is 36.0 Å². The molecule has 1 aromatic heterocycles. The van der Waals surface area contributed by atoms with Crippen molar-refractivity contribution in [3.8, 4) is 0 Å².